The van der Waals surface area contributed by atoms with Crippen LogP contribution < -0.4 is 11.1 Å². The molecule has 1 heterocycles. The van der Waals surface area contributed by atoms with Gasteiger partial charge in [-0.1, -0.05) is 57.2 Å². The molecule has 0 bridgehead atoms. The molecule has 0 aliphatic carbocycles. The van der Waals surface area contributed by atoms with Crippen LogP contribution >= 0.6 is 24.0 Å². The van der Waals surface area contributed by atoms with Crippen molar-refractivity contribution in [3.8, 4) is 0 Å². The second-order valence-corrected chi connectivity index (χ2v) is 9.62. The van der Waals surface area contributed by atoms with Crippen molar-refractivity contribution in [1.82, 2.24) is 14.5 Å². The van der Waals surface area contributed by atoms with Gasteiger partial charge < -0.3 is 16.0 Å². The predicted octanol–water partition coefficient (Wildman–Crippen LogP) is 3.01. The Morgan fingerprint density at radius 3 is 2.40 bits per heavy atom. The Balaban J connectivity index is 0.00000450. The molecule has 30 heavy (non-hydrogen) atoms. The monoisotopic (exact) mass is 551 g/mol. The van der Waals surface area contributed by atoms with Gasteiger partial charge in [0.15, 0.2) is 5.96 Å². The van der Waals surface area contributed by atoms with E-state index in [0.717, 1.165) is 26.1 Å². The third-order valence-electron chi connectivity index (χ3n) is 5.31. The molecule has 0 radical (unpaired) electrons. The van der Waals surface area contributed by atoms with E-state index >= 15 is 0 Å². The highest BCUT2D eigenvalue weighted by Gasteiger charge is 2.29. The number of piperazine rings is 1. The zero-order chi connectivity index (χ0) is 21.1. The van der Waals surface area contributed by atoms with Crippen molar-refractivity contribution in [3.63, 3.8) is 0 Å². The molecule has 2 rings (SSSR count). The number of rotatable bonds is 11. The van der Waals surface area contributed by atoms with E-state index in [4.69, 9.17) is 5.73 Å². The number of aliphatic imine (C=N–C) groups is 1. The fourth-order valence-corrected chi connectivity index (χ4v) is 5.04. The first-order chi connectivity index (χ1) is 13.9. The zero-order valence-electron chi connectivity index (χ0n) is 18.3. The lowest BCUT2D eigenvalue weighted by molar-refractivity contribution is 0.222. The standard InChI is InChI=1S/C21H37N5O2S.HI/c1-3-4-5-6-7-10-13-23-21(22)24-18-19-11-8-9-12-20(19)29(27,28)26-16-14-25(2)15-17-26;/h8-9,11-12H,3-7,10,13-18H2,1-2H3,(H3,22,23,24);1H. The summed E-state index contributed by atoms with van der Waals surface area (Å²) in [6, 6.07) is 7.08. The van der Waals surface area contributed by atoms with E-state index < -0.39 is 10.0 Å². The minimum atomic E-state index is -3.52. The number of sulfonamides is 1. The maximum atomic E-state index is 13.1. The van der Waals surface area contributed by atoms with Crippen LogP contribution in [-0.2, 0) is 16.6 Å². The van der Waals surface area contributed by atoms with Crippen LogP contribution in [0.4, 0.5) is 0 Å². The first kappa shape index (κ1) is 27.1. The van der Waals surface area contributed by atoms with Gasteiger partial charge in [0.25, 0.3) is 0 Å². The van der Waals surface area contributed by atoms with Crippen molar-refractivity contribution in [2.45, 2.75) is 56.9 Å². The molecule has 9 heteroatoms. The molecular formula is C21H38IN5O2S. The molecule has 1 fully saturated rings. The summed E-state index contributed by atoms with van der Waals surface area (Å²) in [5, 5.41) is 3.13. The molecule has 172 valence electrons. The Morgan fingerprint density at radius 2 is 1.70 bits per heavy atom. The lowest BCUT2D eigenvalue weighted by Crippen LogP contribution is -2.47. The Kier molecular flexibility index (Phi) is 12.8. The highest BCUT2D eigenvalue weighted by atomic mass is 127. The number of nitrogens with two attached hydrogens (primary N) is 1. The van der Waals surface area contributed by atoms with Crippen LogP contribution in [0, 0.1) is 0 Å². The summed E-state index contributed by atoms with van der Waals surface area (Å²) >= 11 is 0. The maximum absolute atomic E-state index is 13.1. The Bertz CT molecular complexity index is 750. The second kappa shape index (κ2) is 14.2. The molecule has 0 amide bonds. The van der Waals surface area contributed by atoms with E-state index in [9.17, 15) is 8.42 Å². The number of unbranched alkanes of at least 4 members (excludes halogenated alkanes) is 5. The van der Waals surface area contributed by atoms with E-state index in [1.165, 1.54) is 32.1 Å². The number of hydrogen-bond donors (Lipinski definition) is 2. The molecule has 0 aromatic heterocycles. The highest BCUT2D eigenvalue weighted by Crippen LogP contribution is 2.22. The molecule has 1 aliphatic heterocycles. The SMILES string of the molecule is CCCCCCCCNC(N)=NCc1ccccc1S(=O)(=O)N1CCN(C)CC1.I. The number of nitrogens with zero attached hydrogens (tertiary/aromatic N) is 3. The van der Waals surface area contributed by atoms with Gasteiger partial charge in [-0.15, -0.1) is 24.0 Å². The van der Waals surface area contributed by atoms with Gasteiger partial charge in [0.1, 0.15) is 0 Å². The van der Waals surface area contributed by atoms with Crippen molar-refractivity contribution in [2.75, 3.05) is 39.8 Å². The summed E-state index contributed by atoms with van der Waals surface area (Å²) in [5.41, 5.74) is 6.65. The number of benzene rings is 1. The fourth-order valence-electron chi connectivity index (χ4n) is 3.40. The Labute approximate surface area is 199 Å². The minimum absolute atomic E-state index is 0. The van der Waals surface area contributed by atoms with Crippen molar-refractivity contribution in [3.05, 3.63) is 29.8 Å². The van der Waals surface area contributed by atoms with E-state index in [2.05, 4.69) is 22.1 Å². The average Bonchev–Trinajstić information content (AvgIpc) is 2.72. The minimum Gasteiger partial charge on any atom is -0.370 e. The summed E-state index contributed by atoms with van der Waals surface area (Å²) in [7, 11) is -1.51. The van der Waals surface area contributed by atoms with Gasteiger partial charge in [-0.25, -0.2) is 13.4 Å². The normalized spacial score (nSPS) is 16.3. The van der Waals surface area contributed by atoms with Crippen LogP contribution in [0.1, 0.15) is 51.0 Å². The van der Waals surface area contributed by atoms with E-state index in [1.54, 1.807) is 16.4 Å². The van der Waals surface area contributed by atoms with Gasteiger partial charge in [0.05, 0.1) is 11.4 Å². The number of guanidine groups is 1. The molecule has 1 aliphatic rings. The molecule has 0 spiro atoms. The van der Waals surface area contributed by atoms with Crippen molar-refractivity contribution in [2.24, 2.45) is 10.7 Å². The summed E-state index contributed by atoms with van der Waals surface area (Å²) in [4.78, 5) is 6.83. The van der Waals surface area contributed by atoms with Crippen LogP contribution in [-0.4, -0.2) is 63.4 Å². The second-order valence-electron chi connectivity index (χ2n) is 7.71. The lowest BCUT2D eigenvalue weighted by atomic mass is 10.1. The van der Waals surface area contributed by atoms with Crippen molar-refractivity contribution < 1.29 is 8.42 Å². The Hall–Kier alpha value is -0.910. The Morgan fingerprint density at radius 1 is 1.07 bits per heavy atom. The predicted molar refractivity (Wildman–Crippen MR) is 135 cm³/mol. The van der Waals surface area contributed by atoms with Gasteiger partial charge in [0, 0.05) is 32.7 Å². The van der Waals surface area contributed by atoms with E-state index in [1.807, 2.05) is 19.2 Å². The molecule has 0 unspecified atom stereocenters. The largest absolute Gasteiger partial charge is 0.370 e. The summed E-state index contributed by atoms with van der Waals surface area (Å²) in [5.74, 6) is 0.366. The molecule has 0 saturated carbocycles. The van der Waals surface area contributed by atoms with Gasteiger partial charge in [-0.05, 0) is 25.1 Å². The van der Waals surface area contributed by atoms with Gasteiger partial charge in [0.2, 0.25) is 10.0 Å². The topological polar surface area (TPSA) is 91.0 Å². The smallest absolute Gasteiger partial charge is 0.243 e. The number of hydrogen-bond acceptors (Lipinski definition) is 4. The molecule has 7 nitrogen and oxygen atoms in total. The van der Waals surface area contributed by atoms with Gasteiger partial charge in [-0.3, -0.25) is 0 Å². The number of nitrogens with one attached hydrogen (secondary N) is 1. The fraction of sp³-hybridized carbons (Fsp3) is 0.667. The summed E-state index contributed by atoms with van der Waals surface area (Å²) in [6.07, 6.45) is 7.35. The summed E-state index contributed by atoms with van der Waals surface area (Å²) in [6.45, 7) is 5.77. The van der Waals surface area contributed by atoms with Crippen LogP contribution in [0.25, 0.3) is 0 Å². The third-order valence-corrected chi connectivity index (χ3v) is 7.31. The molecule has 3 N–H and O–H groups in total. The molecule has 1 saturated heterocycles. The van der Waals surface area contributed by atoms with Crippen LogP contribution in [0.3, 0.4) is 0 Å². The molecule has 1 aromatic carbocycles. The third kappa shape index (κ3) is 8.68. The van der Waals surface area contributed by atoms with Crippen molar-refractivity contribution >= 4 is 40.0 Å². The number of likely N-dealkylation sites (N-methyl/N-ethyl adjacent to an activating group) is 1. The molecule has 0 atom stereocenters. The summed E-state index contributed by atoms with van der Waals surface area (Å²) < 4.78 is 27.7. The van der Waals surface area contributed by atoms with E-state index in [0.29, 0.717) is 29.5 Å². The van der Waals surface area contributed by atoms with Crippen molar-refractivity contribution in [1.29, 1.82) is 0 Å². The van der Waals surface area contributed by atoms with Gasteiger partial charge >= 0.3 is 0 Å². The number of halogens is 1. The maximum Gasteiger partial charge on any atom is 0.243 e. The van der Waals surface area contributed by atoms with Gasteiger partial charge in [-0.2, -0.15) is 4.31 Å². The first-order valence-electron chi connectivity index (χ1n) is 10.8. The molecular weight excluding hydrogens is 513 g/mol. The highest BCUT2D eigenvalue weighted by molar-refractivity contribution is 14.0. The quantitative estimate of drug-likeness (QED) is 0.191. The van der Waals surface area contributed by atoms with E-state index in [-0.39, 0.29) is 30.5 Å². The van der Waals surface area contributed by atoms with Crippen LogP contribution in [0.2, 0.25) is 0 Å². The van der Waals surface area contributed by atoms with Crippen LogP contribution in [0.15, 0.2) is 34.2 Å². The zero-order valence-corrected chi connectivity index (χ0v) is 21.5. The molecule has 1 aromatic rings. The average molecular weight is 552 g/mol. The lowest BCUT2D eigenvalue weighted by Gasteiger charge is -2.32. The van der Waals surface area contributed by atoms with Crippen LogP contribution in [0.5, 0.6) is 0 Å². The first-order valence-corrected chi connectivity index (χ1v) is 12.2.